The van der Waals surface area contributed by atoms with E-state index in [0.29, 0.717) is 22.5 Å². The summed E-state index contributed by atoms with van der Waals surface area (Å²) in [7, 11) is 0. The molecule has 1 atom stereocenters. The fraction of sp³-hybridized carbons (Fsp3) is 0.0909. The molecule has 1 aromatic heterocycles. The van der Waals surface area contributed by atoms with E-state index >= 15 is 0 Å². The first-order valence-electron chi connectivity index (χ1n) is 8.41. The van der Waals surface area contributed by atoms with Crippen LogP contribution in [0, 0.1) is 12.3 Å². The monoisotopic (exact) mass is 374 g/mol. The molecule has 5 heteroatoms. The summed E-state index contributed by atoms with van der Waals surface area (Å²) >= 11 is 1.33. The SMILES string of the molecule is C#Cc1cccc(NC(=O)C(Cc2ccccc2)NC(=O)c2cccs2)c1. The number of terminal acetylenes is 1. The van der Waals surface area contributed by atoms with Gasteiger partial charge in [-0.25, -0.2) is 0 Å². The molecule has 0 aliphatic carbocycles. The van der Waals surface area contributed by atoms with Gasteiger partial charge in [-0.3, -0.25) is 9.59 Å². The average Bonchev–Trinajstić information content (AvgIpc) is 3.23. The maximum absolute atomic E-state index is 12.8. The van der Waals surface area contributed by atoms with Crippen LogP contribution in [0.4, 0.5) is 5.69 Å². The van der Waals surface area contributed by atoms with Crippen molar-refractivity contribution in [3.63, 3.8) is 0 Å². The molecule has 3 aromatic rings. The van der Waals surface area contributed by atoms with Crippen LogP contribution in [0.25, 0.3) is 0 Å². The standard InChI is InChI=1S/C22H18N2O2S/c1-2-16-10-6-11-18(14-16)23-21(25)19(15-17-8-4-3-5-9-17)24-22(26)20-12-7-13-27-20/h1,3-14,19H,15H2,(H,23,25)(H,24,26). The lowest BCUT2D eigenvalue weighted by molar-refractivity contribution is -0.118. The van der Waals surface area contributed by atoms with Gasteiger partial charge in [-0.05, 0) is 35.2 Å². The molecular weight excluding hydrogens is 356 g/mol. The van der Waals surface area contributed by atoms with E-state index in [2.05, 4.69) is 16.6 Å². The molecule has 2 N–H and O–H groups in total. The van der Waals surface area contributed by atoms with E-state index in [-0.39, 0.29) is 11.8 Å². The molecule has 4 nitrogen and oxygen atoms in total. The molecule has 0 bridgehead atoms. The van der Waals surface area contributed by atoms with E-state index in [0.717, 1.165) is 5.56 Å². The fourth-order valence-corrected chi connectivity index (χ4v) is 3.24. The topological polar surface area (TPSA) is 58.2 Å². The Balaban J connectivity index is 1.78. The number of rotatable bonds is 6. The fourth-order valence-electron chi connectivity index (χ4n) is 2.61. The highest BCUT2D eigenvalue weighted by Gasteiger charge is 2.22. The van der Waals surface area contributed by atoms with Crippen LogP contribution in [0.5, 0.6) is 0 Å². The van der Waals surface area contributed by atoms with Crippen LogP contribution in [-0.2, 0) is 11.2 Å². The van der Waals surface area contributed by atoms with Gasteiger partial charge in [0, 0.05) is 17.7 Å². The second-order valence-electron chi connectivity index (χ2n) is 5.91. The van der Waals surface area contributed by atoms with Crippen molar-refractivity contribution in [3.8, 4) is 12.3 Å². The van der Waals surface area contributed by atoms with Gasteiger partial charge in [-0.15, -0.1) is 17.8 Å². The number of benzene rings is 2. The number of amides is 2. The predicted molar refractivity (Wildman–Crippen MR) is 109 cm³/mol. The third kappa shape index (κ3) is 5.06. The molecule has 0 spiro atoms. The van der Waals surface area contributed by atoms with E-state index in [1.807, 2.05) is 35.7 Å². The molecule has 27 heavy (non-hydrogen) atoms. The van der Waals surface area contributed by atoms with Crippen LogP contribution in [0.15, 0.2) is 72.1 Å². The van der Waals surface area contributed by atoms with Crippen molar-refractivity contribution in [3.05, 3.63) is 88.1 Å². The van der Waals surface area contributed by atoms with Gasteiger partial charge in [0.05, 0.1) is 4.88 Å². The van der Waals surface area contributed by atoms with Gasteiger partial charge >= 0.3 is 0 Å². The highest BCUT2D eigenvalue weighted by molar-refractivity contribution is 7.12. The van der Waals surface area contributed by atoms with Crippen molar-refractivity contribution in [1.29, 1.82) is 0 Å². The summed E-state index contributed by atoms with van der Waals surface area (Å²) in [5.74, 6) is 1.98. The second-order valence-corrected chi connectivity index (χ2v) is 6.86. The van der Waals surface area contributed by atoms with Crippen LogP contribution >= 0.6 is 11.3 Å². The zero-order chi connectivity index (χ0) is 19.1. The summed E-state index contributed by atoms with van der Waals surface area (Å²) in [5.41, 5.74) is 2.23. The van der Waals surface area contributed by atoms with Crippen LogP contribution in [0.2, 0.25) is 0 Å². The van der Waals surface area contributed by atoms with Crippen LogP contribution in [-0.4, -0.2) is 17.9 Å². The summed E-state index contributed by atoms with van der Waals surface area (Å²) in [4.78, 5) is 25.9. The molecule has 0 aliphatic rings. The molecule has 0 fully saturated rings. The number of nitrogens with one attached hydrogen (secondary N) is 2. The Morgan fingerprint density at radius 3 is 2.56 bits per heavy atom. The first kappa shape index (κ1) is 18.4. The normalized spacial score (nSPS) is 11.2. The lowest BCUT2D eigenvalue weighted by atomic mass is 10.0. The van der Waals surface area contributed by atoms with E-state index in [9.17, 15) is 9.59 Å². The minimum atomic E-state index is -0.712. The highest BCUT2D eigenvalue weighted by Crippen LogP contribution is 2.13. The van der Waals surface area contributed by atoms with Crippen molar-refractivity contribution >= 4 is 28.8 Å². The Hall–Kier alpha value is -3.36. The quantitative estimate of drug-likeness (QED) is 0.646. The molecule has 3 rings (SSSR count). The Morgan fingerprint density at radius 1 is 1.04 bits per heavy atom. The van der Waals surface area contributed by atoms with Crippen LogP contribution < -0.4 is 10.6 Å². The van der Waals surface area contributed by atoms with Gasteiger partial charge in [-0.2, -0.15) is 0 Å². The van der Waals surface area contributed by atoms with Gasteiger partial charge < -0.3 is 10.6 Å². The van der Waals surface area contributed by atoms with Gasteiger partial charge in [0.2, 0.25) is 5.91 Å². The number of hydrogen-bond donors (Lipinski definition) is 2. The molecule has 0 saturated heterocycles. The van der Waals surface area contributed by atoms with Gasteiger partial charge in [0.15, 0.2) is 0 Å². The smallest absolute Gasteiger partial charge is 0.262 e. The largest absolute Gasteiger partial charge is 0.339 e. The van der Waals surface area contributed by atoms with E-state index in [1.165, 1.54) is 11.3 Å². The number of hydrogen-bond acceptors (Lipinski definition) is 3. The summed E-state index contributed by atoms with van der Waals surface area (Å²) in [6.45, 7) is 0. The highest BCUT2D eigenvalue weighted by atomic mass is 32.1. The molecule has 0 saturated carbocycles. The van der Waals surface area contributed by atoms with E-state index in [4.69, 9.17) is 6.42 Å². The van der Waals surface area contributed by atoms with Gasteiger partial charge in [-0.1, -0.05) is 48.4 Å². The summed E-state index contributed by atoms with van der Waals surface area (Å²) in [5, 5.41) is 7.50. The Bertz CT molecular complexity index is 959. The van der Waals surface area contributed by atoms with Gasteiger partial charge in [0.25, 0.3) is 5.91 Å². The van der Waals surface area contributed by atoms with Crippen molar-refractivity contribution < 1.29 is 9.59 Å². The predicted octanol–water partition coefficient (Wildman–Crippen LogP) is 3.71. The van der Waals surface area contributed by atoms with Crippen molar-refractivity contribution in [1.82, 2.24) is 5.32 Å². The number of thiophene rings is 1. The zero-order valence-corrected chi connectivity index (χ0v) is 15.3. The molecule has 134 valence electrons. The lowest BCUT2D eigenvalue weighted by Crippen LogP contribution is -2.45. The summed E-state index contributed by atoms with van der Waals surface area (Å²) in [6, 6.07) is 19.4. The maximum Gasteiger partial charge on any atom is 0.262 e. The lowest BCUT2D eigenvalue weighted by Gasteiger charge is -2.18. The molecule has 2 aromatic carbocycles. The summed E-state index contributed by atoms with van der Waals surface area (Å²) < 4.78 is 0. The van der Waals surface area contributed by atoms with Crippen molar-refractivity contribution in [2.75, 3.05) is 5.32 Å². The number of anilines is 1. The molecule has 2 amide bonds. The molecule has 0 radical (unpaired) electrons. The number of carbonyl (C=O) groups is 2. The Morgan fingerprint density at radius 2 is 1.85 bits per heavy atom. The minimum absolute atomic E-state index is 0.265. The van der Waals surface area contributed by atoms with E-state index < -0.39 is 6.04 Å². The van der Waals surface area contributed by atoms with Crippen molar-refractivity contribution in [2.45, 2.75) is 12.5 Å². The van der Waals surface area contributed by atoms with Crippen LogP contribution in [0.1, 0.15) is 20.8 Å². The molecular formula is C22H18N2O2S. The maximum atomic E-state index is 12.8. The summed E-state index contributed by atoms with van der Waals surface area (Å²) in [6.07, 6.45) is 5.80. The molecule has 1 unspecified atom stereocenters. The first-order valence-corrected chi connectivity index (χ1v) is 9.29. The van der Waals surface area contributed by atoms with Crippen molar-refractivity contribution in [2.24, 2.45) is 0 Å². The Kier molecular flexibility index (Phi) is 6.03. The molecule has 0 aliphatic heterocycles. The van der Waals surface area contributed by atoms with E-state index in [1.54, 1.807) is 36.4 Å². The minimum Gasteiger partial charge on any atom is -0.339 e. The Labute approximate surface area is 162 Å². The third-order valence-electron chi connectivity index (χ3n) is 3.95. The molecule has 1 heterocycles. The number of carbonyl (C=O) groups excluding carboxylic acids is 2. The first-order chi connectivity index (χ1) is 13.2. The zero-order valence-electron chi connectivity index (χ0n) is 14.5. The van der Waals surface area contributed by atoms with Crippen LogP contribution in [0.3, 0.4) is 0 Å². The average molecular weight is 374 g/mol. The van der Waals surface area contributed by atoms with Gasteiger partial charge in [0.1, 0.15) is 6.04 Å². The second kappa shape index (κ2) is 8.84. The third-order valence-corrected chi connectivity index (χ3v) is 4.81.